The molecule has 0 amide bonds. The van der Waals surface area contributed by atoms with Crippen LogP contribution < -0.4 is 9.80 Å². The van der Waals surface area contributed by atoms with E-state index in [9.17, 15) is 13.7 Å². The summed E-state index contributed by atoms with van der Waals surface area (Å²) in [5.41, 5.74) is 2.76. The van der Waals surface area contributed by atoms with Gasteiger partial charge in [0.1, 0.15) is 6.07 Å². The van der Waals surface area contributed by atoms with E-state index >= 15 is 0 Å². The minimum Gasteiger partial charge on any atom is -0.419 e. The number of nitriles is 1. The highest BCUT2D eigenvalue weighted by Crippen LogP contribution is 2.31. The van der Waals surface area contributed by atoms with Crippen LogP contribution in [-0.2, 0) is 16.6 Å². The summed E-state index contributed by atoms with van der Waals surface area (Å²) >= 11 is 6.14. The molecule has 38 heavy (non-hydrogen) atoms. The van der Waals surface area contributed by atoms with E-state index < -0.39 is 10.0 Å². The van der Waals surface area contributed by atoms with Crippen molar-refractivity contribution in [3.8, 4) is 17.5 Å². The summed E-state index contributed by atoms with van der Waals surface area (Å²) in [5.74, 6) is 0.697. The minimum atomic E-state index is -3.68. The first-order valence-corrected chi connectivity index (χ1v) is 13.9. The maximum Gasteiger partial charge on any atom is 0.243 e. The van der Waals surface area contributed by atoms with E-state index in [2.05, 4.69) is 16.0 Å². The molecule has 8 nitrogen and oxygen atoms in total. The van der Waals surface area contributed by atoms with E-state index in [-0.39, 0.29) is 23.0 Å². The average Bonchev–Trinajstić information content (AvgIpc) is 3.38. The molecule has 0 unspecified atom stereocenters. The topological polar surface area (TPSA) is 93.7 Å². The van der Waals surface area contributed by atoms with Crippen molar-refractivity contribution in [3.05, 3.63) is 95.1 Å². The van der Waals surface area contributed by atoms with Crippen LogP contribution in [-0.4, -0.2) is 50.9 Å². The molecule has 5 rings (SSSR count). The van der Waals surface area contributed by atoms with Gasteiger partial charge in [-0.05, 0) is 48.0 Å². The number of hydrogen-bond acceptors (Lipinski definition) is 7. The lowest BCUT2D eigenvalue weighted by Gasteiger charge is -2.35. The molecule has 2 heterocycles. The van der Waals surface area contributed by atoms with Crippen LogP contribution in [0.3, 0.4) is 0 Å². The van der Waals surface area contributed by atoms with Gasteiger partial charge in [-0.1, -0.05) is 48.0 Å². The molecule has 1 aliphatic rings. The standard InChI is InChI=1S/C28H26ClN5O3S/c1-32(20-21-6-3-2-4-7-21)38(35,36)25-12-10-22(11-13-25)27-31-26(19-30)28(37-27)34-16-14-33(15-17-34)24-9-5-8-23(29)18-24/h2-13,18H,14-17,20H2,1H3. The highest BCUT2D eigenvalue weighted by Gasteiger charge is 2.26. The third-order valence-corrected chi connectivity index (χ3v) is 8.57. The molecule has 0 radical (unpaired) electrons. The summed E-state index contributed by atoms with van der Waals surface area (Å²) in [5, 5.41) is 10.4. The van der Waals surface area contributed by atoms with Gasteiger partial charge in [0.15, 0.2) is 0 Å². The highest BCUT2D eigenvalue weighted by atomic mass is 35.5. The van der Waals surface area contributed by atoms with E-state index in [1.807, 2.05) is 59.5 Å². The van der Waals surface area contributed by atoms with Crippen molar-refractivity contribution in [1.29, 1.82) is 5.26 Å². The largest absolute Gasteiger partial charge is 0.419 e. The van der Waals surface area contributed by atoms with Crippen LogP contribution in [0.15, 0.2) is 88.2 Å². The third-order valence-electron chi connectivity index (χ3n) is 6.51. The van der Waals surface area contributed by atoms with E-state index in [4.69, 9.17) is 16.0 Å². The van der Waals surface area contributed by atoms with Crippen LogP contribution in [0, 0.1) is 11.3 Å². The molecule has 1 aliphatic heterocycles. The summed E-state index contributed by atoms with van der Waals surface area (Å²) < 4.78 is 33.5. The maximum atomic E-state index is 13.1. The Balaban J connectivity index is 1.30. The van der Waals surface area contributed by atoms with Crippen LogP contribution in [0.25, 0.3) is 11.5 Å². The lowest BCUT2D eigenvalue weighted by atomic mass is 10.2. The molecule has 0 saturated carbocycles. The SMILES string of the molecule is CN(Cc1ccccc1)S(=O)(=O)c1ccc(-c2nc(C#N)c(N3CCN(c4cccc(Cl)c4)CC3)o2)cc1. The van der Waals surface area contributed by atoms with Gasteiger partial charge in [-0.3, -0.25) is 0 Å². The average molecular weight is 548 g/mol. The summed E-state index contributed by atoms with van der Waals surface area (Å²) in [4.78, 5) is 8.80. The van der Waals surface area contributed by atoms with Crippen LogP contribution in [0.4, 0.5) is 11.6 Å². The predicted molar refractivity (Wildman–Crippen MR) is 148 cm³/mol. The lowest BCUT2D eigenvalue weighted by Crippen LogP contribution is -2.46. The molecule has 1 fully saturated rings. The maximum absolute atomic E-state index is 13.1. The second-order valence-electron chi connectivity index (χ2n) is 9.01. The molecule has 4 aromatic rings. The Morgan fingerprint density at radius 3 is 2.32 bits per heavy atom. The van der Waals surface area contributed by atoms with Crippen LogP contribution in [0.2, 0.25) is 5.02 Å². The van der Waals surface area contributed by atoms with Crippen molar-refractivity contribution in [1.82, 2.24) is 9.29 Å². The molecule has 1 saturated heterocycles. The van der Waals surface area contributed by atoms with Gasteiger partial charge < -0.3 is 14.2 Å². The van der Waals surface area contributed by atoms with Gasteiger partial charge in [-0.2, -0.15) is 14.6 Å². The molecule has 0 bridgehead atoms. The Morgan fingerprint density at radius 1 is 0.974 bits per heavy atom. The van der Waals surface area contributed by atoms with Gasteiger partial charge in [-0.15, -0.1) is 0 Å². The van der Waals surface area contributed by atoms with Crippen molar-refractivity contribution in [2.75, 3.05) is 43.0 Å². The lowest BCUT2D eigenvalue weighted by molar-refractivity contribution is 0.466. The van der Waals surface area contributed by atoms with Gasteiger partial charge in [0.05, 0.1) is 4.90 Å². The quantitative estimate of drug-likeness (QED) is 0.321. The van der Waals surface area contributed by atoms with Gasteiger partial charge in [0, 0.05) is 56.0 Å². The molecule has 0 aliphatic carbocycles. The van der Waals surface area contributed by atoms with E-state index in [1.54, 1.807) is 19.2 Å². The molecule has 10 heteroatoms. The molecule has 1 aromatic heterocycles. The molecular weight excluding hydrogens is 522 g/mol. The normalized spacial score (nSPS) is 14.1. The van der Waals surface area contributed by atoms with Gasteiger partial charge in [-0.25, -0.2) is 8.42 Å². The zero-order chi connectivity index (χ0) is 26.7. The van der Waals surface area contributed by atoms with Crippen molar-refractivity contribution in [3.63, 3.8) is 0 Å². The smallest absolute Gasteiger partial charge is 0.243 e. The zero-order valence-corrected chi connectivity index (χ0v) is 22.4. The number of aromatic nitrogens is 1. The number of nitrogens with zero attached hydrogens (tertiary/aromatic N) is 5. The second-order valence-corrected chi connectivity index (χ2v) is 11.5. The van der Waals surface area contributed by atoms with Crippen molar-refractivity contribution >= 4 is 33.2 Å². The monoisotopic (exact) mass is 547 g/mol. The third kappa shape index (κ3) is 5.38. The highest BCUT2D eigenvalue weighted by molar-refractivity contribution is 7.89. The first-order chi connectivity index (χ1) is 18.3. The van der Waals surface area contributed by atoms with Crippen LogP contribution in [0.5, 0.6) is 0 Å². The fraction of sp³-hybridized carbons (Fsp3) is 0.214. The van der Waals surface area contributed by atoms with Crippen molar-refractivity contribution < 1.29 is 12.8 Å². The molecule has 0 atom stereocenters. The van der Waals surface area contributed by atoms with E-state index in [1.165, 1.54) is 16.4 Å². The minimum absolute atomic E-state index is 0.170. The van der Waals surface area contributed by atoms with Crippen LogP contribution in [0.1, 0.15) is 11.3 Å². The number of benzene rings is 3. The first kappa shape index (κ1) is 25.8. The molecular formula is C28H26ClN5O3S. The van der Waals surface area contributed by atoms with Gasteiger partial charge in [0.25, 0.3) is 0 Å². The number of rotatable bonds is 7. The number of hydrogen-bond donors (Lipinski definition) is 0. The van der Waals surface area contributed by atoms with Crippen molar-refractivity contribution in [2.24, 2.45) is 0 Å². The molecule has 0 spiro atoms. The number of sulfonamides is 1. The fourth-order valence-electron chi connectivity index (χ4n) is 4.44. The second kappa shape index (κ2) is 10.9. The number of halogens is 1. The Bertz CT molecular complexity index is 1560. The number of oxazole rings is 1. The number of anilines is 2. The molecule has 3 aromatic carbocycles. The Morgan fingerprint density at radius 2 is 1.66 bits per heavy atom. The van der Waals surface area contributed by atoms with E-state index in [0.29, 0.717) is 29.6 Å². The number of piperazine rings is 1. The summed E-state index contributed by atoms with van der Waals surface area (Å²) in [6, 6.07) is 25.7. The fourth-order valence-corrected chi connectivity index (χ4v) is 5.78. The van der Waals surface area contributed by atoms with Gasteiger partial charge in [0.2, 0.25) is 27.5 Å². The summed E-state index contributed by atoms with van der Waals surface area (Å²) in [7, 11) is -2.13. The van der Waals surface area contributed by atoms with E-state index in [0.717, 1.165) is 24.3 Å². The Hall–Kier alpha value is -3.84. The summed E-state index contributed by atoms with van der Waals surface area (Å²) in [6.07, 6.45) is 0. The Kier molecular flexibility index (Phi) is 7.38. The van der Waals surface area contributed by atoms with Gasteiger partial charge >= 0.3 is 0 Å². The Labute approximate surface area is 227 Å². The summed E-state index contributed by atoms with van der Waals surface area (Å²) in [6.45, 7) is 3.06. The predicted octanol–water partition coefficient (Wildman–Crippen LogP) is 5.01. The molecule has 0 N–H and O–H groups in total. The van der Waals surface area contributed by atoms with Crippen LogP contribution >= 0.6 is 11.6 Å². The first-order valence-electron chi connectivity index (χ1n) is 12.1. The molecule has 194 valence electrons. The zero-order valence-electron chi connectivity index (χ0n) is 20.8. The van der Waals surface area contributed by atoms with Crippen molar-refractivity contribution in [2.45, 2.75) is 11.4 Å².